The molecule has 0 fully saturated rings. The Morgan fingerprint density at radius 2 is 2.38 bits per heavy atom. The highest BCUT2D eigenvalue weighted by Gasteiger charge is 2.08. The molecule has 3 aromatic rings. The number of halogens is 1. The molecule has 5 nitrogen and oxygen atoms in total. The van der Waals surface area contributed by atoms with Gasteiger partial charge in [-0.3, -0.25) is 4.79 Å². The average Bonchev–Trinajstić information content (AvgIpc) is 3.21. The van der Waals surface area contributed by atoms with Crippen LogP contribution < -0.4 is 5.32 Å². The second-order valence-corrected chi connectivity index (χ2v) is 8.38. The molecule has 3 aromatic heterocycles. The lowest BCUT2D eigenvalue weighted by atomic mass is 10.4. The number of amides is 1. The van der Waals surface area contributed by atoms with Crippen LogP contribution in [0.2, 0.25) is 5.02 Å². The van der Waals surface area contributed by atoms with E-state index in [-0.39, 0.29) is 5.91 Å². The average molecular weight is 399 g/mol. The van der Waals surface area contributed by atoms with Gasteiger partial charge in [0.2, 0.25) is 5.91 Å². The van der Waals surface area contributed by atoms with Crippen LogP contribution in [0.1, 0.15) is 4.88 Å². The topological polar surface area (TPSA) is 70.7 Å². The highest BCUT2D eigenvalue weighted by Crippen LogP contribution is 2.20. The monoisotopic (exact) mass is 398 g/mol. The third kappa shape index (κ3) is 5.14. The summed E-state index contributed by atoms with van der Waals surface area (Å²) < 4.78 is 0. The number of imidazole rings is 1. The minimum Gasteiger partial charge on any atom is -0.355 e. The minimum atomic E-state index is 0.00294. The van der Waals surface area contributed by atoms with Crippen LogP contribution in [0.4, 0.5) is 0 Å². The van der Waals surface area contributed by atoms with Gasteiger partial charge in [0, 0.05) is 29.1 Å². The van der Waals surface area contributed by atoms with Crippen LogP contribution in [0.5, 0.6) is 0 Å². The molecule has 0 spiro atoms. The summed E-state index contributed by atoms with van der Waals surface area (Å²) in [5.41, 5.74) is 1.38. The van der Waals surface area contributed by atoms with E-state index in [9.17, 15) is 4.79 Å². The minimum absolute atomic E-state index is 0.00294. The van der Waals surface area contributed by atoms with Gasteiger partial charge in [-0.1, -0.05) is 29.4 Å². The maximum absolute atomic E-state index is 11.9. The van der Waals surface area contributed by atoms with E-state index in [1.54, 1.807) is 23.6 Å². The van der Waals surface area contributed by atoms with Gasteiger partial charge in [-0.25, -0.2) is 9.97 Å². The zero-order valence-corrected chi connectivity index (χ0v) is 15.8. The molecule has 0 bridgehead atoms. The molecule has 0 atom stereocenters. The Labute approximate surface area is 157 Å². The summed E-state index contributed by atoms with van der Waals surface area (Å²) in [4.78, 5) is 24.8. The Morgan fingerprint density at radius 1 is 1.46 bits per heavy atom. The number of hydrogen-bond acceptors (Lipinski definition) is 6. The number of aromatic amines is 1. The van der Waals surface area contributed by atoms with Gasteiger partial charge >= 0.3 is 0 Å². The largest absolute Gasteiger partial charge is 0.355 e. The Kier molecular flexibility index (Phi) is 6.42. The van der Waals surface area contributed by atoms with Gasteiger partial charge in [-0.15, -0.1) is 11.3 Å². The van der Waals surface area contributed by atoms with E-state index in [1.165, 1.54) is 16.6 Å². The zero-order chi connectivity index (χ0) is 16.8. The first-order valence-electron chi connectivity index (χ1n) is 7.21. The lowest BCUT2D eigenvalue weighted by Gasteiger charge is -2.03. The van der Waals surface area contributed by atoms with Crippen molar-refractivity contribution in [2.45, 2.75) is 10.9 Å². The van der Waals surface area contributed by atoms with Crippen LogP contribution in [0, 0.1) is 0 Å². The van der Waals surface area contributed by atoms with Crippen molar-refractivity contribution in [3.8, 4) is 0 Å². The van der Waals surface area contributed by atoms with Crippen LogP contribution in [0.25, 0.3) is 11.2 Å². The highest BCUT2D eigenvalue weighted by atomic mass is 35.5. The molecule has 0 aromatic carbocycles. The van der Waals surface area contributed by atoms with Gasteiger partial charge in [0.15, 0.2) is 10.8 Å². The molecule has 126 valence electrons. The van der Waals surface area contributed by atoms with E-state index in [0.29, 0.717) is 28.1 Å². The van der Waals surface area contributed by atoms with Gasteiger partial charge < -0.3 is 10.3 Å². The molecule has 0 aliphatic carbocycles. The number of fused-ring (bicyclic) bond motifs is 1. The van der Waals surface area contributed by atoms with Crippen molar-refractivity contribution < 1.29 is 4.79 Å². The third-order valence-corrected chi connectivity index (χ3v) is 6.16. The van der Waals surface area contributed by atoms with Crippen molar-refractivity contribution in [3.63, 3.8) is 0 Å². The first-order valence-corrected chi connectivity index (χ1v) is 10.6. The Morgan fingerprint density at radius 3 is 3.21 bits per heavy atom. The summed E-state index contributed by atoms with van der Waals surface area (Å²) in [6, 6.07) is 5.95. The molecule has 0 unspecified atom stereocenters. The Balaban J connectivity index is 1.35. The first kappa shape index (κ1) is 17.6. The number of H-pyrrole nitrogens is 1. The molecule has 0 saturated carbocycles. The quantitative estimate of drug-likeness (QED) is 0.446. The molecular formula is C15H15ClN4OS3. The molecule has 2 N–H and O–H groups in total. The maximum atomic E-state index is 11.9. The lowest BCUT2D eigenvalue weighted by molar-refractivity contribution is -0.118. The van der Waals surface area contributed by atoms with E-state index in [2.05, 4.69) is 37.8 Å². The second-order valence-electron chi connectivity index (χ2n) is 4.84. The third-order valence-electron chi connectivity index (χ3n) is 3.02. The van der Waals surface area contributed by atoms with Crippen molar-refractivity contribution in [1.29, 1.82) is 0 Å². The molecule has 9 heteroatoms. The summed E-state index contributed by atoms with van der Waals surface area (Å²) in [7, 11) is 0. The summed E-state index contributed by atoms with van der Waals surface area (Å²) >= 11 is 10.8. The number of nitrogens with one attached hydrogen (secondary N) is 2. The SMILES string of the molecule is O=C(CSc1nc2ncc(Cl)cc2[nH]1)NCCSCc1cccs1. The normalized spacial score (nSPS) is 11.0. The summed E-state index contributed by atoms with van der Waals surface area (Å²) in [6.45, 7) is 0.673. The van der Waals surface area contributed by atoms with E-state index in [4.69, 9.17) is 11.6 Å². The van der Waals surface area contributed by atoms with E-state index >= 15 is 0 Å². The molecule has 3 rings (SSSR count). The number of nitrogens with zero attached hydrogens (tertiary/aromatic N) is 2. The molecule has 0 saturated heterocycles. The van der Waals surface area contributed by atoms with Crippen molar-refractivity contribution in [2.75, 3.05) is 18.1 Å². The Hall–Kier alpha value is -1.22. The van der Waals surface area contributed by atoms with Crippen LogP contribution in [-0.2, 0) is 10.5 Å². The van der Waals surface area contributed by atoms with Gasteiger partial charge in [0.1, 0.15) is 0 Å². The Bertz CT molecular complexity index is 806. The summed E-state index contributed by atoms with van der Waals surface area (Å²) in [6.07, 6.45) is 1.56. The van der Waals surface area contributed by atoms with Crippen LogP contribution in [0.15, 0.2) is 34.9 Å². The molecule has 1 amide bonds. The molecule has 0 radical (unpaired) electrons. The first-order chi connectivity index (χ1) is 11.7. The number of pyridine rings is 1. The number of thioether (sulfide) groups is 2. The zero-order valence-electron chi connectivity index (χ0n) is 12.6. The fraction of sp³-hybridized carbons (Fsp3) is 0.267. The molecular weight excluding hydrogens is 384 g/mol. The number of thiophene rings is 1. The van der Waals surface area contributed by atoms with E-state index < -0.39 is 0 Å². The predicted molar refractivity (Wildman–Crippen MR) is 103 cm³/mol. The van der Waals surface area contributed by atoms with Crippen molar-refractivity contribution in [3.05, 3.63) is 39.7 Å². The van der Waals surface area contributed by atoms with Crippen LogP contribution in [0.3, 0.4) is 0 Å². The molecule has 0 aliphatic heterocycles. The van der Waals surface area contributed by atoms with E-state index in [0.717, 1.165) is 17.0 Å². The number of aromatic nitrogens is 3. The van der Waals surface area contributed by atoms with Gasteiger partial charge in [-0.2, -0.15) is 11.8 Å². The van der Waals surface area contributed by atoms with Gasteiger partial charge in [0.25, 0.3) is 0 Å². The fourth-order valence-corrected chi connectivity index (χ4v) is 4.50. The molecule has 3 heterocycles. The van der Waals surface area contributed by atoms with Gasteiger partial charge in [-0.05, 0) is 17.5 Å². The fourth-order valence-electron chi connectivity index (χ4n) is 1.94. The molecule has 0 aliphatic rings. The van der Waals surface area contributed by atoms with Crippen LogP contribution >= 0.6 is 46.5 Å². The summed E-state index contributed by atoms with van der Waals surface area (Å²) in [5, 5.41) is 6.22. The second kappa shape index (κ2) is 8.75. The summed E-state index contributed by atoms with van der Waals surface area (Å²) in [5.74, 6) is 2.23. The van der Waals surface area contributed by atoms with Crippen molar-refractivity contribution in [2.24, 2.45) is 0 Å². The number of hydrogen-bond donors (Lipinski definition) is 2. The number of carbonyl (C=O) groups is 1. The standard InChI is InChI=1S/C15H15ClN4OS3/c16-10-6-12-14(18-7-10)20-15(19-12)24-9-13(21)17-3-5-22-8-11-2-1-4-23-11/h1-2,4,6-7H,3,5,8-9H2,(H,17,21)(H,18,19,20). The van der Waals surface area contributed by atoms with Crippen molar-refractivity contribution in [1.82, 2.24) is 20.3 Å². The maximum Gasteiger partial charge on any atom is 0.230 e. The number of carbonyl (C=O) groups excluding carboxylic acids is 1. The number of rotatable bonds is 8. The van der Waals surface area contributed by atoms with Gasteiger partial charge in [0.05, 0.1) is 16.3 Å². The predicted octanol–water partition coefficient (Wildman–Crippen LogP) is 3.81. The smallest absolute Gasteiger partial charge is 0.230 e. The molecule has 24 heavy (non-hydrogen) atoms. The van der Waals surface area contributed by atoms with Crippen LogP contribution in [-0.4, -0.2) is 38.9 Å². The van der Waals surface area contributed by atoms with Crippen molar-refractivity contribution >= 4 is 63.5 Å². The lowest BCUT2D eigenvalue weighted by Crippen LogP contribution is -2.27. The van der Waals surface area contributed by atoms with E-state index in [1.807, 2.05) is 11.8 Å². The highest BCUT2D eigenvalue weighted by molar-refractivity contribution is 7.99.